The van der Waals surface area contributed by atoms with E-state index in [9.17, 15) is 9.90 Å². The van der Waals surface area contributed by atoms with Gasteiger partial charge in [-0.15, -0.1) is 0 Å². The SMILES string of the molecule is COc1cc(OCCC[S+](Cc2ccccc2)c2c([O-])c3cccnc3n(Cc3ccccc3)c2=O)cc(OC)c1OC. The minimum absolute atomic E-state index is 0.248. The molecule has 0 aliphatic rings. The Morgan fingerprint density at radius 1 is 0.837 bits per heavy atom. The quantitative estimate of drug-likeness (QED) is 0.136. The van der Waals surface area contributed by atoms with Crippen molar-refractivity contribution < 1.29 is 24.1 Å². The summed E-state index contributed by atoms with van der Waals surface area (Å²) in [5.41, 5.74) is 2.14. The summed E-state index contributed by atoms with van der Waals surface area (Å²) in [5, 5.41) is 14.4. The Hall–Kier alpha value is -4.63. The normalized spacial score (nSPS) is 11.7. The summed E-state index contributed by atoms with van der Waals surface area (Å²) < 4.78 is 24.0. The molecule has 0 bridgehead atoms. The molecule has 0 saturated heterocycles. The van der Waals surface area contributed by atoms with Crippen LogP contribution in [0, 0.1) is 0 Å². The number of hydrogen-bond acceptors (Lipinski definition) is 7. The molecule has 0 fully saturated rings. The first-order valence-corrected chi connectivity index (χ1v) is 15.5. The number of fused-ring (bicyclic) bond motifs is 1. The van der Waals surface area contributed by atoms with Gasteiger partial charge in [0.2, 0.25) is 10.6 Å². The van der Waals surface area contributed by atoms with Gasteiger partial charge in [-0.05, 0) is 17.4 Å². The highest BCUT2D eigenvalue weighted by molar-refractivity contribution is 7.96. The fourth-order valence-corrected chi connectivity index (χ4v) is 7.26. The van der Waals surface area contributed by atoms with Crippen molar-refractivity contribution in [2.45, 2.75) is 23.6 Å². The second-order valence-electron chi connectivity index (χ2n) is 9.80. The maximum absolute atomic E-state index is 14.2. The predicted octanol–water partition coefficient (Wildman–Crippen LogP) is 5.19. The van der Waals surface area contributed by atoms with Crippen LogP contribution in [-0.2, 0) is 23.2 Å². The molecule has 0 spiro atoms. The summed E-state index contributed by atoms with van der Waals surface area (Å²) in [5.74, 6) is 2.99. The first-order valence-electron chi connectivity index (χ1n) is 13.9. The van der Waals surface area contributed by atoms with Gasteiger partial charge in [-0.1, -0.05) is 66.7 Å². The van der Waals surface area contributed by atoms with Crippen LogP contribution in [0.3, 0.4) is 0 Å². The van der Waals surface area contributed by atoms with Gasteiger partial charge in [-0.2, -0.15) is 0 Å². The third kappa shape index (κ3) is 6.73. The zero-order valence-electron chi connectivity index (χ0n) is 24.4. The van der Waals surface area contributed by atoms with Crippen molar-refractivity contribution in [2.24, 2.45) is 0 Å². The van der Waals surface area contributed by atoms with Gasteiger partial charge >= 0.3 is 5.56 Å². The first-order chi connectivity index (χ1) is 21.0. The summed E-state index contributed by atoms with van der Waals surface area (Å²) >= 11 is 0. The molecule has 5 rings (SSSR count). The van der Waals surface area contributed by atoms with Gasteiger partial charge in [0, 0.05) is 46.6 Å². The largest absolute Gasteiger partial charge is 0.868 e. The Morgan fingerprint density at radius 3 is 2.12 bits per heavy atom. The number of ether oxygens (including phenoxy) is 4. The van der Waals surface area contributed by atoms with E-state index in [-0.39, 0.29) is 11.3 Å². The van der Waals surface area contributed by atoms with Crippen molar-refractivity contribution in [3.05, 3.63) is 113 Å². The molecule has 43 heavy (non-hydrogen) atoms. The number of hydrogen-bond donors (Lipinski definition) is 0. The Balaban J connectivity index is 1.47. The molecule has 2 heterocycles. The molecule has 1 atom stereocenters. The van der Waals surface area contributed by atoms with Crippen LogP contribution in [0.5, 0.6) is 28.7 Å². The van der Waals surface area contributed by atoms with E-state index in [0.29, 0.717) is 70.0 Å². The van der Waals surface area contributed by atoms with Crippen molar-refractivity contribution in [3.8, 4) is 28.7 Å². The zero-order chi connectivity index (χ0) is 30.2. The number of methoxy groups -OCH3 is 3. The molecule has 1 unspecified atom stereocenters. The summed E-state index contributed by atoms with van der Waals surface area (Å²) in [6.07, 6.45) is 2.24. The van der Waals surface area contributed by atoms with Crippen molar-refractivity contribution >= 4 is 21.9 Å². The highest BCUT2D eigenvalue weighted by atomic mass is 32.2. The van der Waals surface area contributed by atoms with Crippen molar-refractivity contribution in [1.82, 2.24) is 9.55 Å². The first kappa shape index (κ1) is 29.8. The number of aromatic nitrogens is 2. The second-order valence-corrected chi connectivity index (χ2v) is 11.9. The molecule has 222 valence electrons. The molecule has 9 heteroatoms. The van der Waals surface area contributed by atoms with Gasteiger partial charge in [0.25, 0.3) is 0 Å². The molecule has 0 N–H and O–H groups in total. The van der Waals surface area contributed by atoms with Crippen LogP contribution in [0.25, 0.3) is 11.0 Å². The van der Waals surface area contributed by atoms with Gasteiger partial charge in [0.15, 0.2) is 11.5 Å². The molecule has 0 radical (unpaired) electrons. The van der Waals surface area contributed by atoms with Crippen LogP contribution in [0.1, 0.15) is 17.5 Å². The lowest BCUT2D eigenvalue weighted by Gasteiger charge is -2.20. The average Bonchev–Trinajstić information content (AvgIpc) is 3.05. The third-order valence-electron chi connectivity index (χ3n) is 7.03. The van der Waals surface area contributed by atoms with E-state index >= 15 is 0 Å². The fourth-order valence-electron chi connectivity index (χ4n) is 4.98. The summed E-state index contributed by atoms with van der Waals surface area (Å²) in [4.78, 5) is 18.9. The molecule has 2 aromatic heterocycles. The number of benzene rings is 3. The Bertz CT molecular complexity index is 1700. The van der Waals surface area contributed by atoms with E-state index in [2.05, 4.69) is 4.98 Å². The summed E-state index contributed by atoms with van der Waals surface area (Å²) in [6.45, 7) is 0.700. The monoisotopic (exact) mass is 598 g/mol. The van der Waals surface area contributed by atoms with E-state index in [4.69, 9.17) is 18.9 Å². The Morgan fingerprint density at radius 2 is 1.49 bits per heavy atom. The van der Waals surface area contributed by atoms with E-state index in [1.165, 1.54) is 0 Å². The molecule has 0 saturated carbocycles. The van der Waals surface area contributed by atoms with E-state index in [1.807, 2.05) is 60.7 Å². The van der Waals surface area contributed by atoms with Crippen LogP contribution < -0.4 is 29.6 Å². The van der Waals surface area contributed by atoms with Crippen molar-refractivity contribution in [2.75, 3.05) is 33.7 Å². The van der Waals surface area contributed by atoms with E-state index < -0.39 is 10.9 Å². The minimum Gasteiger partial charge on any atom is -0.868 e. The third-order valence-corrected chi connectivity index (χ3v) is 9.43. The number of nitrogens with zero attached hydrogens (tertiary/aromatic N) is 2. The predicted molar refractivity (Wildman–Crippen MR) is 168 cm³/mol. The number of pyridine rings is 2. The minimum atomic E-state index is -0.684. The highest BCUT2D eigenvalue weighted by Gasteiger charge is 2.30. The van der Waals surface area contributed by atoms with Crippen LogP contribution in [0.2, 0.25) is 0 Å². The lowest BCUT2D eigenvalue weighted by molar-refractivity contribution is -0.270. The van der Waals surface area contributed by atoms with E-state index in [0.717, 1.165) is 11.1 Å². The molecule has 3 aromatic carbocycles. The fraction of sp³-hybridized carbons (Fsp3) is 0.235. The second kappa shape index (κ2) is 14.0. The van der Waals surface area contributed by atoms with Crippen LogP contribution in [0.15, 0.2) is 101 Å². The summed E-state index contributed by atoms with van der Waals surface area (Å²) in [7, 11) is 3.98. The van der Waals surface area contributed by atoms with Crippen molar-refractivity contribution in [1.29, 1.82) is 0 Å². The van der Waals surface area contributed by atoms with E-state index in [1.54, 1.807) is 56.4 Å². The van der Waals surface area contributed by atoms with Gasteiger partial charge in [0.05, 0.1) is 34.5 Å². The van der Waals surface area contributed by atoms with Crippen molar-refractivity contribution in [3.63, 3.8) is 0 Å². The maximum Gasteiger partial charge on any atom is 0.307 e. The zero-order valence-corrected chi connectivity index (χ0v) is 25.3. The Labute approximate surface area is 253 Å². The molecule has 0 aliphatic heterocycles. The highest BCUT2D eigenvalue weighted by Crippen LogP contribution is 2.41. The van der Waals surface area contributed by atoms with Gasteiger partial charge in [0.1, 0.15) is 22.9 Å². The van der Waals surface area contributed by atoms with Gasteiger partial charge in [-0.25, -0.2) is 4.98 Å². The topological polar surface area (TPSA) is 94.9 Å². The lowest BCUT2D eigenvalue weighted by atomic mass is 10.2. The standard InChI is InChI=1S/C34H34N2O6S/c1-39-28-20-26(21-29(40-2)31(28)41-3)42-18-11-19-43(23-25-14-8-5-9-15-25)32-30(37)27-16-10-17-35-33(27)36(34(32)38)22-24-12-6-4-7-13-24/h4-10,12-17,20-21H,11,18-19,22-23H2,1-3H3. The molecule has 5 aromatic rings. The number of rotatable bonds is 13. The summed E-state index contributed by atoms with van der Waals surface area (Å²) in [6, 6.07) is 26.7. The van der Waals surface area contributed by atoms with Gasteiger partial charge in [-0.3, -0.25) is 9.36 Å². The van der Waals surface area contributed by atoms with Crippen LogP contribution in [0.4, 0.5) is 0 Å². The van der Waals surface area contributed by atoms with Gasteiger partial charge < -0.3 is 24.1 Å². The molecular weight excluding hydrogens is 564 g/mol. The molecule has 8 nitrogen and oxygen atoms in total. The maximum atomic E-state index is 14.2. The smallest absolute Gasteiger partial charge is 0.307 e. The Kier molecular flexibility index (Phi) is 9.73. The van der Waals surface area contributed by atoms with Crippen LogP contribution >= 0.6 is 0 Å². The molecule has 0 amide bonds. The average molecular weight is 599 g/mol. The molecule has 0 aliphatic carbocycles. The lowest BCUT2D eigenvalue weighted by Crippen LogP contribution is -2.31. The van der Waals surface area contributed by atoms with Crippen LogP contribution in [-0.4, -0.2) is 43.2 Å². The molecular formula is C34H34N2O6S.